The van der Waals surface area contributed by atoms with E-state index in [4.69, 9.17) is 4.74 Å². The van der Waals surface area contributed by atoms with E-state index in [1.54, 1.807) is 20.8 Å². The highest BCUT2D eigenvalue weighted by atomic mass is 16.5. The molecule has 0 spiro atoms. The second-order valence-electron chi connectivity index (χ2n) is 7.49. The van der Waals surface area contributed by atoms with Gasteiger partial charge in [-0.15, -0.1) is 0 Å². The first kappa shape index (κ1) is 19.8. The van der Waals surface area contributed by atoms with Gasteiger partial charge >= 0.3 is 0 Å². The maximum absolute atomic E-state index is 12.7. The van der Waals surface area contributed by atoms with Gasteiger partial charge in [-0.25, -0.2) is 4.98 Å². The molecular weight excluding hydrogens is 388 g/mol. The van der Waals surface area contributed by atoms with E-state index in [1.807, 2.05) is 30.3 Å². The van der Waals surface area contributed by atoms with Crippen molar-refractivity contribution in [1.29, 1.82) is 0 Å². The number of amides is 1. The highest BCUT2D eigenvalue weighted by molar-refractivity contribution is 5.94. The van der Waals surface area contributed by atoms with Crippen molar-refractivity contribution >= 4 is 5.91 Å². The molecule has 0 fully saturated rings. The molecule has 2 aromatic heterocycles. The van der Waals surface area contributed by atoms with Crippen LogP contribution in [0.5, 0.6) is 5.75 Å². The lowest BCUT2D eigenvalue weighted by atomic mass is 10.1. The summed E-state index contributed by atoms with van der Waals surface area (Å²) >= 11 is 0. The van der Waals surface area contributed by atoms with E-state index in [-0.39, 0.29) is 18.8 Å². The average molecular weight is 410 g/mol. The third kappa shape index (κ3) is 3.45. The van der Waals surface area contributed by atoms with Crippen LogP contribution in [0.15, 0.2) is 35.1 Å². The Hall–Kier alpha value is -3.53. The van der Waals surface area contributed by atoms with E-state index in [2.05, 4.69) is 20.5 Å². The smallest absolute Gasteiger partial charge is 0.296 e. The first-order chi connectivity index (χ1) is 14.3. The molecule has 2 N–H and O–H groups in total. The molecule has 0 aliphatic carbocycles. The van der Waals surface area contributed by atoms with E-state index in [9.17, 15) is 14.7 Å². The Morgan fingerprint density at radius 2 is 2.00 bits per heavy atom. The van der Waals surface area contributed by atoms with E-state index < -0.39 is 22.8 Å². The lowest BCUT2D eigenvalue weighted by Crippen LogP contribution is -2.42. The van der Waals surface area contributed by atoms with Gasteiger partial charge in [-0.1, -0.05) is 18.2 Å². The number of rotatable bonds is 4. The van der Waals surface area contributed by atoms with Crippen LogP contribution in [0, 0.1) is 6.92 Å². The number of para-hydroxylation sites is 1. The number of aromatic nitrogens is 5. The van der Waals surface area contributed by atoms with Gasteiger partial charge in [0.25, 0.3) is 11.5 Å². The van der Waals surface area contributed by atoms with Crippen LogP contribution in [0.3, 0.4) is 0 Å². The summed E-state index contributed by atoms with van der Waals surface area (Å²) in [5, 5.41) is 21.7. The van der Waals surface area contributed by atoms with Crippen molar-refractivity contribution in [1.82, 2.24) is 29.9 Å². The van der Waals surface area contributed by atoms with Gasteiger partial charge in [0, 0.05) is 0 Å². The predicted molar refractivity (Wildman–Crippen MR) is 106 cm³/mol. The lowest BCUT2D eigenvalue weighted by molar-refractivity contribution is -0.0566. The largest absolute Gasteiger partial charge is 0.501 e. The topological polar surface area (TPSA) is 124 Å². The minimum atomic E-state index is -0.852. The van der Waals surface area contributed by atoms with Crippen molar-refractivity contribution in [2.75, 3.05) is 6.61 Å². The Kier molecular flexibility index (Phi) is 4.86. The molecule has 0 saturated heterocycles. The van der Waals surface area contributed by atoms with Crippen LogP contribution >= 0.6 is 0 Å². The highest BCUT2D eigenvalue weighted by Gasteiger charge is 2.34. The molecular formula is C20H22N6O4. The van der Waals surface area contributed by atoms with E-state index >= 15 is 0 Å². The minimum Gasteiger partial charge on any atom is -0.501 e. The third-order valence-corrected chi connectivity index (χ3v) is 4.96. The molecule has 3 aromatic rings. The molecule has 1 aliphatic rings. The van der Waals surface area contributed by atoms with Gasteiger partial charge < -0.3 is 15.2 Å². The van der Waals surface area contributed by atoms with Crippen molar-refractivity contribution in [3.63, 3.8) is 0 Å². The normalized spacial score (nSPS) is 14.9. The Morgan fingerprint density at radius 1 is 1.27 bits per heavy atom. The summed E-state index contributed by atoms with van der Waals surface area (Å²) in [5.74, 6) is -1.06. The van der Waals surface area contributed by atoms with Gasteiger partial charge in [0.2, 0.25) is 5.75 Å². The van der Waals surface area contributed by atoms with Crippen molar-refractivity contribution in [2.45, 2.75) is 39.5 Å². The van der Waals surface area contributed by atoms with E-state index in [1.165, 1.54) is 9.36 Å². The Balaban J connectivity index is 1.58. The van der Waals surface area contributed by atoms with Crippen LogP contribution in [0.25, 0.3) is 5.69 Å². The van der Waals surface area contributed by atoms with Gasteiger partial charge in [0.15, 0.2) is 5.69 Å². The minimum absolute atomic E-state index is 0.0664. The summed E-state index contributed by atoms with van der Waals surface area (Å²) in [6, 6.07) is 9.39. The molecule has 0 bridgehead atoms. The summed E-state index contributed by atoms with van der Waals surface area (Å²) in [6.07, 6.45) is 0. The molecule has 30 heavy (non-hydrogen) atoms. The van der Waals surface area contributed by atoms with Gasteiger partial charge in [0.1, 0.15) is 17.1 Å². The quantitative estimate of drug-likeness (QED) is 0.658. The van der Waals surface area contributed by atoms with Crippen molar-refractivity contribution < 1.29 is 14.6 Å². The molecule has 1 aliphatic heterocycles. The molecule has 0 unspecified atom stereocenters. The van der Waals surface area contributed by atoms with Gasteiger partial charge in [-0.2, -0.15) is 15.0 Å². The Morgan fingerprint density at radius 3 is 2.73 bits per heavy atom. The van der Waals surface area contributed by atoms with E-state index in [0.29, 0.717) is 23.8 Å². The van der Waals surface area contributed by atoms with Gasteiger partial charge in [0.05, 0.1) is 31.1 Å². The maximum Gasteiger partial charge on any atom is 0.296 e. The number of aryl methyl sites for hydroxylation is 1. The summed E-state index contributed by atoms with van der Waals surface area (Å²) in [5.41, 5.74) is 0.157. The highest BCUT2D eigenvalue weighted by Crippen LogP contribution is 2.27. The van der Waals surface area contributed by atoms with Crippen LogP contribution in [-0.2, 0) is 23.4 Å². The number of hydrogen-bond donors (Lipinski definition) is 2. The van der Waals surface area contributed by atoms with E-state index in [0.717, 1.165) is 5.69 Å². The van der Waals surface area contributed by atoms with Crippen LogP contribution < -0.4 is 10.9 Å². The number of nitrogens with one attached hydrogen (secondary N) is 1. The zero-order valence-corrected chi connectivity index (χ0v) is 16.9. The van der Waals surface area contributed by atoms with Gasteiger partial charge in [-0.05, 0) is 32.9 Å². The molecule has 0 saturated carbocycles. The fraction of sp³-hybridized carbons (Fsp3) is 0.350. The van der Waals surface area contributed by atoms with Crippen molar-refractivity contribution in [3.8, 4) is 11.4 Å². The van der Waals surface area contributed by atoms with Crippen LogP contribution in [0.2, 0.25) is 0 Å². The van der Waals surface area contributed by atoms with Crippen molar-refractivity contribution in [2.24, 2.45) is 0 Å². The van der Waals surface area contributed by atoms with Crippen molar-refractivity contribution in [3.05, 3.63) is 63.6 Å². The fourth-order valence-electron chi connectivity index (χ4n) is 3.32. The van der Waals surface area contributed by atoms with Gasteiger partial charge in [-0.3, -0.25) is 14.2 Å². The molecule has 1 aromatic carbocycles. The molecule has 0 atom stereocenters. The SMILES string of the molecule is Cc1nn(-c2ccccc2)nc1CNC(=O)c1nc2n(c(=O)c1O)CCOC2(C)C. The first-order valence-corrected chi connectivity index (χ1v) is 9.52. The summed E-state index contributed by atoms with van der Waals surface area (Å²) in [4.78, 5) is 31.0. The Bertz CT molecular complexity index is 1170. The number of carbonyl (C=O) groups is 1. The second kappa shape index (κ2) is 7.38. The molecule has 4 rings (SSSR count). The lowest BCUT2D eigenvalue weighted by Gasteiger charge is -2.32. The summed E-state index contributed by atoms with van der Waals surface area (Å²) < 4.78 is 6.99. The average Bonchev–Trinajstić information content (AvgIpc) is 3.10. The number of fused-ring (bicyclic) bond motifs is 1. The molecule has 10 heteroatoms. The van der Waals surface area contributed by atoms with Crippen LogP contribution in [-0.4, -0.2) is 42.2 Å². The first-order valence-electron chi connectivity index (χ1n) is 9.52. The molecule has 10 nitrogen and oxygen atoms in total. The third-order valence-electron chi connectivity index (χ3n) is 4.96. The predicted octanol–water partition coefficient (Wildman–Crippen LogP) is 1.03. The number of nitrogens with zero attached hydrogens (tertiary/aromatic N) is 5. The maximum atomic E-state index is 12.7. The standard InChI is InChI=1S/C20H22N6O4/c1-12-14(24-26(23-12)13-7-5-4-6-8-13)11-21-17(28)15-16(27)18(29)25-9-10-30-20(2,3)19(25)22-15/h4-8,27H,9-11H2,1-3H3,(H,21,28). The van der Waals surface area contributed by atoms with Crippen LogP contribution in [0.1, 0.15) is 41.5 Å². The molecule has 3 heterocycles. The fourth-order valence-corrected chi connectivity index (χ4v) is 3.32. The zero-order valence-electron chi connectivity index (χ0n) is 16.9. The molecule has 1 amide bonds. The Labute approximate surface area is 172 Å². The number of carbonyl (C=O) groups excluding carboxylic acids is 1. The number of ether oxygens (including phenoxy) is 1. The number of hydrogen-bond acceptors (Lipinski definition) is 7. The summed E-state index contributed by atoms with van der Waals surface area (Å²) in [7, 11) is 0. The number of aromatic hydroxyl groups is 1. The second-order valence-corrected chi connectivity index (χ2v) is 7.49. The summed E-state index contributed by atoms with van der Waals surface area (Å²) in [6.45, 7) is 5.96. The molecule has 156 valence electrons. The number of benzene rings is 1. The zero-order chi connectivity index (χ0) is 21.5. The molecule has 0 radical (unpaired) electrons. The van der Waals surface area contributed by atoms with Crippen LogP contribution in [0.4, 0.5) is 0 Å². The monoisotopic (exact) mass is 410 g/mol.